The summed E-state index contributed by atoms with van der Waals surface area (Å²) in [7, 11) is 0. The zero-order valence-corrected chi connectivity index (χ0v) is 11.3. The van der Waals surface area contributed by atoms with Crippen LogP contribution >= 0.6 is 0 Å². The monoisotopic (exact) mass is 251 g/mol. The summed E-state index contributed by atoms with van der Waals surface area (Å²) in [5.41, 5.74) is -0.295. The van der Waals surface area contributed by atoms with Gasteiger partial charge >= 0.3 is 0 Å². The van der Waals surface area contributed by atoms with E-state index in [0.29, 0.717) is 11.7 Å². The van der Waals surface area contributed by atoms with Gasteiger partial charge in [0.2, 0.25) is 0 Å². The molecule has 0 saturated carbocycles. The second-order valence-electron chi connectivity index (χ2n) is 5.73. The Labute approximate surface area is 107 Å². The van der Waals surface area contributed by atoms with Crippen LogP contribution < -0.4 is 10.9 Å². The van der Waals surface area contributed by atoms with Crippen LogP contribution in [0.15, 0.2) is 17.2 Å². The van der Waals surface area contributed by atoms with Crippen LogP contribution in [0.25, 0.3) is 0 Å². The SMILES string of the molecule is CC(C)(C)n1ccnc(NCC2CCOC2)c1=O. The Hall–Kier alpha value is -1.36. The third-order valence-corrected chi connectivity index (χ3v) is 3.15. The maximum absolute atomic E-state index is 12.2. The Morgan fingerprint density at radius 2 is 2.33 bits per heavy atom. The van der Waals surface area contributed by atoms with Crippen molar-refractivity contribution in [2.75, 3.05) is 25.1 Å². The highest BCUT2D eigenvalue weighted by atomic mass is 16.5. The average molecular weight is 251 g/mol. The highest BCUT2D eigenvalue weighted by molar-refractivity contribution is 5.31. The quantitative estimate of drug-likeness (QED) is 0.883. The topological polar surface area (TPSA) is 56.1 Å². The predicted octanol–water partition coefficient (Wildman–Crippen LogP) is 1.45. The van der Waals surface area contributed by atoms with Crippen LogP contribution in [0.1, 0.15) is 27.2 Å². The van der Waals surface area contributed by atoms with E-state index >= 15 is 0 Å². The van der Waals surface area contributed by atoms with Gasteiger partial charge in [0.15, 0.2) is 5.82 Å². The lowest BCUT2D eigenvalue weighted by Crippen LogP contribution is -2.35. The van der Waals surface area contributed by atoms with Crippen LogP contribution in [0.5, 0.6) is 0 Å². The third kappa shape index (κ3) is 2.90. The van der Waals surface area contributed by atoms with E-state index in [4.69, 9.17) is 4.74 Å². The minimum atomic E-state index is -0.229. The number of rotatable bonds is 3. The summed E-state index contributed by atoms with van der Waals surface area (Å²) in [6.07, 6.45) is 4.44. The van der Waals surface area contributed by atoms with Gasteiger partial charge in [-0.15, -0.1) is 0 Å². The van der Waals surface area contributed by atoms with Gasteiger partial charge in [-0.2, -0.15) is 0 Å². The summed E-state index contributed by atoms with van der Waals surface area (Å²) in [6, 6.07) is 0. The fourth-order valence-corrected chi connectivity index (χ4v) is 2.05. The van der Waals surface area contributed by atoms with Gasteiger partial charge in [-0.25, -0.2) is 4.98 Å². The molecule has 0 radical (unpaired) electrons. The number of ether oxygens (including phenoxy) is 1. The molecule has 0 amide bonds. The normalized spacial score (nSPS) is 20.1. The van der Waals surface area contributed by atoms with Crippen LogP contribution in [0, 0.1) is 5.92 Å². The molecule has 1 saturated heterocycles. The van der Waals surface area contributed by atoms with Crippen molar-refractivity contribution in [3.05, 3.63) is 22.7 Å². The zero-order chi connectivity index (χ0) is 13.2. The minimum absolute atomic E-state index is 0.0658. The first kappa shape index (κ1) is 13.1. The minimum Gasteiger partial charge on any atom is -0.381 e. The number of aromatic nitrogens is 2. The molecule has 1 aliphatic rings. The maximum Gasteiger partial charge on any atom is 0.293 e. The van der Waals surface area contributed by atoms with Crippen LogP contribution in [0.3, 0.4) is 0 Å². The Kier molecular flexibility index (Phi) is 3.71. The number of anilines is 1. The van der Waals surface area contributed by atoms with Crippen molar-refractivity contribution < 1.29 is 4.74 Å². The van der Waals surface area contributed by atoms with E-state index in [9.17, 15) is 4.79 Å². The summed E-state index contributed by atoms with van der Waals surface area (Å²) in [5.74, 6) is 0.911. The fraction of sp³-hybridized carbons (Fsp3) is 0.692. The lowest BCUT2D eigenvalue weighted by atomic mass is 10.1. The van der Waals surface area contributed by atoms with Gasteiger partial charge in [-0.1, -0.05) is 0 Å². The molecule has 1 aliphatic heterocycles. The molecule has 1 aromatic heterocycles. The molecule has 0 aromatic carbocycles. The molecule has 5 heteroatoms. The molecule has 1 aromatic rings. The predicted molar refractivity (Wildman–Crippen MR) is 70.9 cm³/mol. The highest BCUT2D eigenvalue weighted by Crippen LogP contribution is 2.13. The molecule has 1 unspecified atom stereocenters. The van der Waals surface area contributed by atoms with Gasteiger partial charge in [-0.05, 0) is 27.2 Å². The van der Waals surface area contributed by atoms with E-state index in [2.05, 4.69) is 10.3 Å². The molecule has 5 nitrogen and oxygen atoms in total. The highest BCUT2D eigenvalue weighted by Gasteiger charge is 2.19. The third-order valence-electron chi connectivity index (χ3n) is 3.15. The van der Waals surface area contributed by atoms with E-state index in [1.807, 2.05) is 20.8 Å². The first-order chi connectivity index (χ1) is 8.48. The van der Waals surface area contributed by atoms with Crippen molar-refractivity contribution >= 4 is 5.82 Å². The van der Waals surface area contributed by atoms with Gasteiger partial charge in [0.1, 0.15) is 0 Å². The van der Waals surface area contributed by atoms with Crippen molar-refractivity contribution in [2.45, 2.75) is 32.7 Å². The van der Waals surface area contributed by atoms with Gasteiger partial charge in [0.25, 0.3) is 5.56 Å². The molecular formula is C13H21N3O2. The first-order valence-electron chi connectivity index (χ1n) is 6.38. The van der Waals surface area contributed by atoms with Crippen molar-refractivity contribution in [1.29, 1.82) is 0 Å². The first-order valence-corrected chi connectivity index (χ1v) is 6.38. The lowest BCUT2D eigenvalue weighted by Gasteiger charge is -2.22. The number of hydrogen-bond acceptors (Lipinski definition) is 4. The molecule has 0 bridgehead atoms. The van der Waals surface area contributed by atoms with Crippen LogP contribution in [0.2, 0.25) is 0 Å². The van der Waals surface area contributed by atoms with Gasteiger partial charge in [-0.3, -0.25) is 4.79 Å². The molecular weight excluding hydrogens is 230 g/mol. The zero-order valence-electron chi connectivity index (χ0n) is 11.3. The van der Waals surface area contributed by atoms with E-state index in [1.54, 1.807) is 17.0 Å². The van der Waals surface area contributed by atoms with Crippen molar-refractivity contribution in [2.24, 2.45) is 5.92 Å². The van der Waals surface area contributed by atoms with Gasteiger partial charge < -0.3 is 14.6 Å². The van der Waals surface area contributed by atoms with Crippen molar-refractivity contribution in [3.8, 4) is 0 Å². The molecule has 0 aliphatic carbocycles. The number of nitrogens with one attached hydrogen (secondary N) is 1. The molecule has 1 N–H and O–H groups in total. The van der Waals surface area contributed by atoms with Gasteiger partial charge in [0.05, 0.1) is 6.61 Å². The summed E-state index contributed by atoms with van der Waals surface area (Å²) in [6.45, 7) is 8.35. The Morgan fingerprint density at radius 3 is 2.94 bits per heavy atom. The molecule has 1 fully saturated rings. The van der Waals surface area contributed by atoms with Crippen LogP contribution in [0.4, 0.5) is 5.82 Å². The summed E-state index contributed by atoms with van der Waals surface area (Å²) >= 11 is 0. The smallest absolute Gasteiger partial charge is 0.293 e. The summed E-state index contributed by atoms with van der Waals surface area (Å²) in [5, 5.41) is 3.14. The Bertz CT molecular complexity index is 456. The molecule has 18 heavy (non-hydrogen) atoms. The lowest BCUT2D eigenvalue weighted by molar-refractivity contribution is 0.187. The van der Waals surface area contributed by atoms with E-state index in [-0.39, 0.29) is 11.1 Å². The second-order valence-corrected chi connectivity index (χ2v) is 5.73. The van der Waals surface area contributed by atoms with Crippen LogP contribution in [-0.2, 0) is 10.3 Å². The molecule has 100 valence electrons. The fourth-order valence-electron chi connectivity index (χ4n) is 2.05. The van der Waals surface area contributed by atoms with Crippen LogP contribution in [-0.4, -0.2) is 29.3 Å². The van der Waals surface area contributed by atoms with E-state index < -0.39 is 0 Å². The number of hydrogen-bond donors (Lipinski definition) is 1. The summed E-state index contributed by atoms with van der Waals surface area (Å²) in [4.78, 5) is 16.4. The standard InChI is InChI=1S/C13H21N3O2/c1-13(2,3)16-6-5-14-11(12(16)17)15-8-10-4-7-18-9-10/h5-6,10H,4,7-9H2,1-3H3,(H,14,15). The summed E-state index contributed by atoms with van der Waals surface area (Å²) < 4.78 is 7.01. The molecule has 1 atom stereocenters. The largest absolute Gasteiger partial charge is 0.381 e. The van der Waals surface area contributed by atoms with E-state index in [0.717, 1.165) is 26.2 Å². The Morgan fingerprint density at radius 1 is 1.56 bits per heavy atom. The van der Waals surface area contributed by atoms with Crippen molar-refractivity contribution in [3.63, 3.8) is 0 Å². The number of nitrogens with zero attached hydrogens (tertiary/aromatic N) is 2. The second kappa shape index (κ2) is 5.10. The molecule has 2 rings (SSSR count). The van der Waals surface area contributed by atoms with Crippen molar-refractivity contribution in [1.82, 2.24) is 9.55 Å². The van der Waals surface area contributed by atoms with Gasteiger partial charge in [0, 0.05) is 37.0 Å². The average Bonchev–Trinajstić information content (AvgIpc) is 2.79. The molecule has 0 spiro atoms. The maximum atomic E-state index is 12.2. The Balaban J connectivity index is 2.11. The molecule has 2 heterocycles. The van der Waals surface area contributed by atoms with E-state index in [1.165, 1.54) is 0 Å².